The standard InChI is InChI=1S/C13H17NO4S/c1-19(17,18)11-6-4-10(5-7-11)13(16)14-8-12(15)9-2-3-9/h4-7,9,12,15H,2-3,8H2,1H3,(H,14,16). The fourth-order valence-corrected chi connectivity index (χ4v) is 2.43. The van der Waals surface area contributed by atoms with Gasteiger partial charge in [-0.2, -0.15) is 0 Å². The van der Waals surface area contributed by atoms with Gasteiger partial charge in [0.25, 0.3) is 5.91 Å². The minimum Gasteiger partial charge on any atom is -0.391 e. The Bertz CT molecular complexity index is 561. The molecule has 0 spiro atoms. The summed E-state index contributed by atoms with van der Waals surface area (Å²) in [5.74, 6) is 0.00709. The molecule has 2 N–H and O–H groups in total. The van der Waals surface area contributed by atoms with Crippen molar-refractivity contribution in [3.8, 4) is 0 Å². The Hall–Kier alpha value is -1.40. The molecule has 1 fully saturated rings. The van der Waals surface area contributed by atoms with E-state index in [1.807, 2.05) is 0 Å². The van der Waals surface area contributed by atoms with E-state index in [1.54, 1.807) is 0 Å². The Morgan fingerprint density at radius 3 is 2.42 bits per heavy atom. The Balaban J connectivity index is 1.95. The first-order valence-electron chi connectivity index (χ1n) is 6.14. The predicted octanol–water partition coefficient (Wildman–Crippen LogP) is 0.591. The maximum Gasteiger partial charge on any atom is 0.251 e. The topological polar surface area (TPSA) is 83.5 Å². The van der Waals surface area contributed by atoms with Crippen molar-refractivity contribution in [1.82, 2.24) is 5.32 Å². The number of aliphatic hydroxyl groups is 1. The van der Waals surface area contributed by atoms with Crippen molar-refractivity contribution in [3.05, 3.63) is 29.8 Å². The molecule has 1 unspecified atom stereocenters. The maximum atomic E-state index is 11.8. The van der Waals surface area contributed by atoms with Crippen LogP contribution in [0, 0.1) is 5.92 Å². The molecule has 0 radical (unpaired) electrons. The first-order valence-corrected chi connectivity index (χ1v) is 8.03. The van der Waals surface area contributed by atoms with Crippen molar-refractivity contribution in [3.63, 3.8) is 0 Å². The van der Waals surface area contributed by atoms with Crippen LogP contribution in [-0.4, -0.2) is 38.3 Å². The van der Waals surface area contributed by atoms with E-state index in [9.17, 15) is 18.3 Å². The van der Waals surface area contributed by atoms with E-state index >= 15 is 0 Å². The van der Waals surface area contributed by atoms with Gasteiger partial charge in [-0.05, 0) is 43.0 Å². The third-order valence-corrected chi connectivity index (χ3v) is 4.31. The molecule has 1 aromatic carbocycles. The smallest absolute Gasteiger partial charge is 0.251 e. The number of amides is 1. The van der Waals surface area contributed by atoms with Gasteiger partial charge in [0.1, 0.15) is 0 Å². The predicted molar refractivity (Wildman–Crippen MR) is 70.6 cm³/mol. The quantitative estimate of drug-likeness (QED) is 0.828. The van der Waals surface area contributed by atoms with Crippen LogP contribution in [0.15, 0.2) is 29.2 Å². The fraction of sp³-hybridized carbons (Fsp3) is 0.462. The highest BCUT2D eigenvalue weighted by molar-refractivity contribution is 7.90. The molecule has 6 heteroatoms. The molecule has 1 aliphatic rings. The van der Waals surface area contributed by atoms with E-state index in [0.29, 0.717) is 11.5 Å². The SMILES string of the molecule is CS(=O)(=O)c1ccc(C(=O)NCC(O)C2CC2)cc1. The van der Waals surface area contributed by atoms with Gasteiger partial charge in [0.2, 0.25) is 0 Å². The molecule has 1 aromatic rings. The van der Waals surface area contributed by atoms with Crippen LogP contribution < -0.4 is 5.32 Å². The van der Waals surface area contributed by atoms with Crippen molar-refractivity contribution in [1.29, 1.82) is 0 Å². The summed E-state index contributed by atoms with van der Waals surface area (Å²) in [7, 11) is -3.25. The molecular weight excluding hydrogens is 266 g/mol. The van der Waals surface area contributed by atoms with Crippen molar-refractivity contribution in [2.45, 2.75) is 23.8 Å². The monoisotopic (exact) mass is 283 g/mol. The molecule has 0 heterocycles. The zero-order valence-electron chi connectivity index (χ0n) is 10.7. The third-order valence-electron chi connectivity index (χ3n) is 3.18. The van der Waals surface area contributed by atoms with Gasteiger partial charge in [0, 0.05) is 18.4 Å². The van der Waals surface area contributed by atoms with Gasteiger partial charge in [0.05, 0.1) is 11.0 Å². The lowest BCUT2D eigenvalue weighted by Gasteiger charge is -2.10. The molecular formula is C13H17NO4S. The lowest BCUT2D eigenvalue weighted by Crippen LogP contribution is -2.33. The minimum absolute atomic E-state index is 0.182. The molecule has 0 aliphatic heterocycles. The molecule has 0 aromatic heterocycles. The summed E-state index contributed by atoms with van der Waals surface area (Å²) < 4.78 is 22.6. The van der Waals surface area contributed by atoms with Gasteiger partial charge < -0.3 is 10.4 Å². The van der Waals surface area contributed by atoms with Crippen LogP contribution in [0.5, 0.6) is 0 Å². The van der Waals surface area contributed by atoms with Crippen LogP contribution in [0.25, 0.3) is 0 Å². The molecule has 0 saturated heterocycles. The molecule has 1 aliphatic carbocycles. The highest BCUT2D eigenvalue weighted by atomic mass is 32.2. The van der Waals surface area contributed by atoms with E-state index in [4.69, 9.17) is 0 Å². The Morgan fingerprint density at radius 1 is 1.37 bits per heavy atom. The lowest BCUT2D eigenvalue weighted by molar-refractivity contribution is 0.0901. The Labute approximate surface area is 112 Å². The molecule has 104 valence electrons. The van der Waals surface area contributed by atoms with E-state index < -0.39 is 15.9 Å². The zero-order valence-corrected chi connectivity index (χ0v) is 11.5. The summed E-state index contributed by atoms with van der Waals surface area (Å²) >= 11 is 0. The third kappa shape index (κ3) is 3.78. The molecule has 1 atom stereocenters. The molecule has 1 amide bonds. The largest absolute Gasteiger partial charge is 0.391 e. The van der Waals surface area contributed by atoms with Gasteiger partial charge in [-0.15, -0.1) is 0 Å². The van der Waals surface area contributed by atoms with E-state index in [2.05, 4.69) is 5.32 Å². The number of aliphatic hydroxyl groups excluding tert-OH is 1. The summed E-state index contributed by atoms with van der Waals surface area (Å²) in [6.45, 7) is 0.233. The van der Waals surface area contributed by atoms with Crippen LogP contribution in [0.3, 0.4) is 0 Å². The number of nitrogens with one attached hydrogen (secondary N) is 1. The first kappa shape index (κ1) is 14.0. The van der Waals surface area contributed by atoms with Crippen molar-refractivity contribution in [2.24, 2.45) is 5.92 Å². The second-order valence-electron chi connectivity index (χ2n) is 4.91. The molecule has 2 rings (SSSR count). The van der Waals surface area contributed by atoms with Crippen molar-refractivity contribution in [2.75, 3.05) is 12.8 Å². The number of benzene rings is 1. The number of carbonyl (C=O) groups is 1. The van der Waals surface area contributed by atoms with Crippen molar-refractivity contribution < 1.29 is 18.3 Å². The Morgan fingerprint density at radius 2 is 1.95 bits per heavy atom. The maximum absolute atomic E-state index is 11.8. The highest BCUT2D eigenvalue weighted by Crippen LogP contribution is 2.32. The van der Waals surface area contributed by atoms with Crippen molar-refractivity contribution >= 4 is 15.7 Å². The summed E-state index contributed by atoms with van der Waals surface area (Å²) in [5.41, 5.74) is 0.385. The summed E-state index contributed by atoms with van der Waals surface area (Å²) in [5, 5.41) is 12.3. The number of sulfone groups is 1. The lowest BCUT2D eigenvalue weighted by atomic mass is 10.2. The van der Waals surface area contributed by atoms with Gasteiger partial charge in [-0.3, -0.25) is 4.79 Å². The first-order chi connectivity index (χ1) is 8.88. The average molecular weight is 283 g/mol. The van der Waals surface area contributed by atoms with Gasteiger partial charge in [0.15, 0.2) is 9.84 Å². The number of carbonyl (C=O) groups excluding carboxylic acids is 1. The van der Waals surface area contributed by atoms with Gasteiger partial charge in [-0.1, -0.05) is 0 Å². The molecule has 1 saturated carbocycles. The summed E-state index contributed by atoms with van der Waals surface area (Å²) in [6.07, 6.45) is 2.66. The Kier molecular flexibility index (Phi) is 3.91. The normalized spacial score (nSPS) is 16.9. The summed E-state index contributed by atoms with van der Waals surface area (Å²) in [6, 6.07) is 5.74. The van der Waals surface area contributed by atoms with Gasteiger partial charge >= 0.3 is 0 Å². The van der Waals surface area contributed by atoms with Crippen LogP contribution in [-0.2, 0) is 9.84 Å². The van der Waals surface area contributed by atoms with E-state index in [0.717, 1.165) is 19.1 Å². The number of hydrogen-bond donors (Lipinski definition) is 2. The number of hydrogen-bond acceptors (Lipinski definition) is 4. The average Bonchev–Trinajstić information content (AvgIpc) is 3.19. The highest BCUT2D eigenvalue weighted by Gasteiger charge is 2.29. The molecule has 19 heavy (non-hydrogen) atoms. The number of rotatable bonds is 5. The van der Waals surface area contributed by atoms with Crippen LogP contribution in [0.4, 0.5) is 0 Å². The minimum atomic E-state index is -3.25. The zero-order chi connectivity index (χ0) is 14.0. The van der Waals surface area contributed by atoms with Gasteiger partial charge in [-0.25, -0.2) is 8.42 Å². The van der Waals surface area contributed by atoms with Crippen LogP contribution in [0.1, 0.15) is 23.2 Å². The fourth-order valence-electron chi connectivity index (χ4n) is 1.80. The van der Waals surface area contributed by atoms with E-state index in [1.165, 1.54) is 24.3 Å². The van der Waals surface area contributed by atoms with Crippen LogP contribution >= 0.6 is 0 Å². The summed E-state index contributed by atoms with van der Waals surface area (Å²) in [4.78, 5) is 12.0. The van der Waals surface area contributed by atoms with E-state index in [-0.39, 0.29) is 17.3 Å². The molecule has 5 nitrogen and oxygen atoms in total. The van der Waals surface area contributed by atoms with Crippen LogP contribution in [0.2, 0.25) is 0 Å². The molecule has 0 bridgehead atoms. The second kappa shape index (κ2) is 5.30. The second-order valence-corrected chi connectivity index (χ2v) is 6.93.